The topological polar surface area (TPSA) is 78.1 Å². The Bertz CT molecular complexity index is 787. The molecular weight excluding hydrogens is 328 g/mol. The number of hydrogen-bond donors (Lipinski definition) is 2. The van der Waals surface area contributed by atoms with E-state index in [1.807, 2.05) is 19.9 Å². The van der Waals surface area contributed by atoms with Crippen LogP contribution in [0, 0.1) is 6.92 Å². The van der Waals surface area contributed by atoms with E-state index in [-0.39, 0.29) is 24.3 Å². The zero-order valence-corrected chi connectivity index (χ0v) is 14.4. The van der Waals surface area contributed by atoms with Crippen molar-refractivity contribution in [1.82, 2.24) is 15.5 Å². The third-order valence-corrected chi connectivity index (χ3v) is 4.49. The molecule has 2 heterocycles. The minimum atomic E-state index is -0.255. The Morgan fingerprint density at radius 2 is 2.29 bits per heavy atom. The molecule has 1 aliphatic rings. The summed E-state index contributed by atoms with van der Waals surface area (Å²) in [6.07, 6.45) is 1.05. The summed E-state index contributed by atoms with van der Waals surface area (Å²) in [5.41, 5.74) is 2.93. The first-order valence-corrected chi connectivity index (χ1v) is 8.28. The highest BCUT2D eigenvalue weighted by Crippen LogP contribution is 2.24. The fraction of sp³-hybridized carbons (Fsp3) is 0.353. The van der Waals surface area contributed by atoms with Gasteiger partial charge in [0.05, 0.1) is 6.04 Å². The fourth-order valence-corrected chi connectivity index (χ4v) is 3.14. The van der Waals surface area contributed by atoms with Crippen molar-refractivity contribution in [2.24, 2.45) is 0 Å². The average molecular weight is 347 g/mol. The number of amides is 2. The van der Waals surface area contributed by atoms with Crippen molar-refractivity contribution in [3.8, 4) is 0 Å². The summed E-state index contributed by atoms with van der Waals surface area (Å²) in [5, 5.41) is 10.4. The van der Waals surface area contributed by atoms with Gasteiger partial charge in [-0.15, -0.1) is 0 Å². The Kier molecular flexibility index (Phi) is 4.57. The average Bonchev–Trinajstić information content (AvgIpc) is 3.09. The number of nitrogens with zero attached hydrogens (tertiary/aromatic N) is 2. The molecule has 0 bridgehead atoms. The number of halogens is 1. The maximum atomic E-state index is 12.4. The second-order valence-electron chi connectivity index (χ2n) is 5.89. The summed E-state index contributed by atoms with van der Waals surface area (Å²) >= 11 is 5.99. The van der Waals surface area contributed by atoms with Gasteiger partial charge in [0.2, 0.25) is 5.91 Å². The van der Waals surface area contributed by atoms with Crippen LogP contribution in [0.4, 0.5) is 5.69 Å². The first-order valence-electron chi connectivity index (χ1n) is 7.90. The largest absolute Gasteiger partial charge is 0.346 e. The van der Waals surface area contributed by atoms with E-state index < -0.39 is 0 Å². The molecule has 2 N–H and O–H groups in total. The third-order valence-electron chi connectivity index (χ3n) is 4.26. The molecule has 1 aromatic heterocycles. The molecule has 2 aromatic rings. The van der Waals surface area contributed by atoms with Gasteiger partial charge < -0.3 is 10.2 Å². The van der Waals surface area contributed by atoms with Crippen molar-refractivity contribution >= 4 is 29.1 Å². The molecule has 1 fully saturated rings. The first kappa shape index (κ1) is 16.5. The molecular formula is C17H19ClN4O2. The minimum absolute atomic E-state index is 0.0319. The molecule has 6 nitrogen and oxygen atoms in total. The van der Waals surface area contributed by atoms with E-state index >= 15 is 0 Å². The zero-order valence-electron chi connectivity index (χ0n) is 13.6. The summed E-state index contributed by atoms with van der Waals surface area (Å²) in [5.74, 6) is -0.287. The third kappa shape index (κ3) is 3.14. The standard InChI is InChI=1S/C17H19ClN4O2/c1-3-14-10(2)16(21-20-14)17(24)19-12-8-15(23)22(9-12)13-6-4-5-11(18)7-13/h4-7,12H,3,8-9H2,1-2H3,(H,19,24)(H,20,21)/t12-/m1/s1. The van der Waals surface area contributed by atoms with Crippen LogP contribution in [-0.4, -0.2) is 34.6 Å². The summed E-state index contributed by atoms with van der Waals surface area (Å²) in [4.78, 5) is 26.3. The number of nitrogens with one attached hydrogen (secondary N) is 2. The van der Waals surface area contributed by atoms with Gasteiger partial charge in [-0.05, 0) is 31.5 Å². The van der Waals surface area contributed by atoms with E-state index in [0.717, 1.165) is 23.4 Å². The van der Waals surface area contributed by atoms with Crippen LogP contribution in [0.1, 0.15) is 35.1 Å². The van der Waals surface area contributed by atoms with Gasteiger partial charge in [0.1, 0.15) is 0 Å². The first-order chi connectivity index (χ1) is 11.5. The summed E-state index contributed by atoms with van der Waals surface area (Å²) in [6.45, 7) is 4.30. The molecule has 0 spiro atoms. The predicted octanol–water partition coefficient (Wildman–Crippen LogP) is 2.47. The van der Waals surface area contributed by atoms with Crippen molar-refractivity contribution in [2.45, 2.75) is 32.7 Å². The molecule has 1 aliphatic heterocycles. The predicted molar refractivity (Wildman–Crippen MR) is 92.4 cm³/mol. The van der Waals surface area contributed by atoms with Crippen molar-refractivity contribution in [1.29, 1.82) is 0 Å². The number of rotatable bonds is 4. The van der Waals surface area contributed by atoms with Gasteiger partial charge in [-0.25, -0.2) is 0 Å². The quantitative estimate of drug-likeness (QED) is 0.892. The summed E-state index contributed by atoms with van der Waals surface area (Å²) < 4.78 is 0. The number of aromatic nitrogens is 2. The SMILES string of the molecule is CCc1[nH]nc(C(=O)N[C@@H]2CC(=O)N(c3cccc(Cl)c3)C2)c1C. The monoisotopic (exact) mass is 346 g/mol. The summed E-state index contributed by atoms with van der Waals surface area (Å²) in [7, 11) is 0. The molecule has 7 heteroatoms. The molecule has 1 saturated heterocycles. The molecule has 1 atom stereocenters. The van der Waals surface area contributed by atoms with Gasteiger partial charge in [-0.2, -0.15) is 5.10 Å². The van der Waals surface area contributed by atoms with Crippen LogP contribution in [0.25, 0.3) is 0 Å². The highest BCUT2D eigenvalue weighted by molar-refractivity contribution is 6.30. The van der Waals surface area contributed by atoms with Gasteiger partial charge >= 0.3 is 0 Å². The van der Waals surface area contributed by atoms with Gasteiger partial charge in [-0.3, -0.25) is 14.7 Å². The van der Waals surface area contributed by atoms with Crippen molar-refractivity contribution < 1.29 is 9.59 Å². The van der Waals surface area contributed by atoms with Gasteiger partial charge in [-0.1, -0.05) is 24.6 Å². The number of benzene rings is 1. The Morgan fingerprint density at radius 1 is 1.50 bits per heavy atom. The van der Waals surface area contributed by atoms with Crippen LogP contribution >= 0.6 is 11.6 Å². The lowest BCUT2D eigenvalue weighted by Crippen LogP contribution is -2.37. The highest BCUT2D eigenvalue weighted by Gasteiger charge is 2.32. The van der Waals surface area contributed by atoms with Crippen LogP contribution in [0.2, 0.25) is 5.02 Å². The number of aromatic amines is 1. The summed E-state index contributed by atoms with van der Waals surface area (Å²) in [6, 6.07) is 6.89. The number of hydrogen-bond acceptors (Lipinski definition) is 3. The van der Waals surface area contributed by atoms with E-state index in [0.29, 0.717) is 17.3 Å². The second kappa shape index (κ2) is 6.65. The van der Waals surface area contributed by atoms with E-state index in [4.69, 9.17) is 11.6 Å². The van der Waals surface area contributed by atoms with E-state index in [1.54, 1.807) is 23.1 Å². The lowest BCUT2D eigenvalue weighted by atomic mass is 10.1. The fourth-order valence-electron chi connectivity index (χ4n) is 2.95. The molecule has 24 heavy (non-hydrogen) atoms. The number of anilines is 1. The molecule has 0 unspecified atom stereocenters. The Hall–Kier alpha value is -2.34. The molecule has 3 rings (SSSR count). The molecule has 0 saturated carbocycles. The van der Waals surface area contributed by atoms with E-state index in [1.165, 1.54) is 0 Å². The zero-order chi connectivity index (χ0) is 17.3. The minimum Gasteiger partial charge on any atom is -0.346 e. The highest BCUT2D eigenvalue weighted by atomic mass is 35.5. The maximum absolute atomic E-state index is 12.4. The van der Waals surface area contributed by atoms with Crippen LogP contribution in [-0.2, 0) is 11.2 Å². The lowest BCUT2D eigenvalue weighted by molar-refractivity contribution is -0.117. The van der Waals surface area contributed by atoms with Crippen LogP contribution in [0.5, 0.6) is 0 Å². The molecule has 0 radical (unpaired) electrons. The Morgan fingerprint density at radius 3 is 2.96 bits per heavy atom. The number of carbonyl (C=O) groups excluding carboxylic acids is 2. The van der Waals surface area contributed by atoms with E-state index in [2.05, 4.69) is 15.5 Å². The Balaban J connectivity index is 1.70. The maximum Gasteiger partial charge on any atom is 0.272 e. The van der Waals surface area contributed by atoms with Gasteiger partial charge in [0.25, 0.3) is 5.91 Å². The van der Waals surface area contributed by atoms with Crippen molar-refractivity contribution in [3.05, 3.63) is 46.2 Å². The normalized spacial score (nSPS) is 17.4. The smallest absolute Gasteiger partial charge is 0.272 e. The number of aryl methyl sites for hydroxylation is 1. The van der Waals surface area contributed by atoms with Gasteiger partial charge in [0, 0.05) is 34.9 Å². The number of H-pyrrole nitrogens is 1. The lowest BCUT2D eigenvalue weighted by Gasteiger charge is -2.17. The number of carbonyl (C=O) groups is 2. The van der Waals surface area contributed by atoms with Crippen LogP contribution < -0.4 is 10.2 Å². The Labute approximate surface area is 145 Å². The molecule has 1 aromatic carbocycles. The molecule has 0 aliphatic carbocycles. The van der Waals surface area contributed by atoms with Crippen molar-refractivity contribution in [3.63, 3.8) is 0 Å². The van der Waals surface area contributed by atoms with Crippen LogP contribution in [0.15, 0.2) is 24.3 Å². The van der Waals surface area contributed by atoms with E-state index in [9.17, 15) is 9.59 Å². The second-order valence-corrected chi connectivity index (χ2v) is 6.32. The van der Waals surface area contributed by atoms with Crippen molar-refractivity contribution in [2.75, 3.05) is 11.4 Å². The molecule has 2 amide bonds. The van der Waals surface area contributed by atoms with Gasteiger partial charge in [0.15, 0.2) is 5.69 Å². The van der Waals surface area contributed by atoms with Crippen LogP contribution in [0.3, 0.4) is 0 Å². The molecule has 126 valence electrons.